The maximum absolute atomic E-state index is 9.62. The lowest BCUT2D eigenvalue weighted by Gasteiger charge is -2.26. The van der Waals surface area contributed by atoms with Crippen molar-refractivity contribution in [3.05, 3.63) is 0 Å². The Hall–Kier alpha value is -0.160. The van der Waals surface area contributed by atoms with Crippen molar-refractivity contribution in [2.24, 2.45) is 11.5 Å². The molecule has 4 heteroatoms. The zero-order chi connectivity index (χ0) is 10.1. The lowest BCUT2D eigenvalue weighted by atomic mass is 10.3. The summed E-state index contributed by atoms with van der Waals surface area (Å²) in [4.78, 5) is 2.04. The Kier molecular flexibility index (Phi) is 8.33. The smallest absolute Gasteiger partial charge is 0.107 e. The van der Waals surface area contributed by atoms with Crippen molar-refractivity contribution in [2.45, 2.75) is 32.4 Å². The molecule has 0 aliphatic carbocycles. The Balaban J connectivity index is 3.72. The fourth-order valence-electron chi connectivity index (χ4n) is 1.26. The maximum atomic E-state index is 9.62. The number of rotatable bonds is 8. The van der Waals surface area contributed by atoms with Crippen molar-refractivity contribution >= 4 is 0 Å². The SMILES string of the molecule is CCC(O)N(CCCN)CCCN. The number of aliphatic hydroxyl groups excluding tert-OH is 1. The molecule has 4 nitrogen and oxygen atoms in total. The second kappa shape index (κ2) is 8.44. The van der Waals surface area contributed by atoms with E-state index in [2.05, 4.69) is 0 Å². The zero-order valence-electron chi connectivity index (χ0n) is 8.58. The zero-order valence-corrected chi connectivity index (χ0v) is 8.58. The average molecular weight is 189 g/mol. The third-order valence-corrected chi connectivity index (χ3v) is 2.09. The molecular weight excluding hydrogens is 166 g/mol. The Labute approximate surface area is 80.9 Å². The van der Waals surface area contributed by atoms with Gasteiger partial charge in [0.25, 0.3) is 0 Å². The van der Waals surface area contributed by atoms with Crippen LogP contribution < -0.4 is 11.5 Å². The predicted octanol–water partition coefficient (Wildman–Crippen LogP) is -0.286. The lowest BCUT2D eigenvalue weighted by Crippen LogP contribution is -2.37. The molecule has 0 aromatic heterocycles. The van der Waals surface area contributed by atoms with Crippen molar-refractivity contribution in [2.75, 3.05) is 26.2 Å². The van der Waals surface area contributed by atoms with E-state index in [9.17, 15) is 5.11 Å². The van der Waals surface area contributed by atoms with E-state index in [0.29, 0.717) is 13.1 Å². The molecule has 0 radical (unpaired) electrons. The van der Waals surface area contributed by atoms with Gasteiger partial charge in [0.1, 0.15) is 6.23 Å². The minimum Gasteiger partial charge on any atom is -0.378 e. The number of nitrogens with zero attached hydrogens (tertiary/aromatic N) is 1. The van der Waals surface area contributed by atoms with Crippen LogP contribution in [0.25, 0.3) is 0 Å². The highest BCUT2D eigenvalue weighted by Crippen LogP contribution is 2.02. The molecule has 0 bridgehead atoms. The predicted molar refractivity (Wildman–Crippen MR) is 55.2 cm³/mol. The normalized spacial score (nSPS) is 13.6. The second-order valence-corrected chi connectivity index (χ2v) is 3.21. The molecule has 0 spiro atoms. The third kappa shape index (κ3) is 5.99. The largest absolute Gasteiger partial charge is 0.378 e. The fraction of sp³-hybridized carbons (Fsp3) is 1.00. The molecule has 0 heterocycles. The van der Waals surface area contributed by atoms with Crippen LogP contribution >= 0.6 is 0 Å². The minimum absolute atomic E-state index is 0.335. The van der Waals surface area contributed by atoms with E-state index in [0.717, 1.165) is 32.4 Å². The highest BCUT2D eigenvalue weighted by Gasteiger charge is 2.11. The van der Waals surface area contributed by atoms with Crippen LogP contribution in [0, 0.1) is 0 Å². The van der Waals surface area contributed by atoms with E-state index in [1.54, 1.807) is 0 Å². The minimum atomic E-state index is -0.335. The van der Waals surface area contributed by atoms with Gasteiger partial charge in [0.2, 0.25) is 0 Å². The van der Waals surface area contributed by atoms with Crippen LogP contribution in [-0.4, -0.2) is 42.4 Å². The average Bonchev–Trinajstić information content (AvgIpc) is 2.17. The van der Waals surface area contributed by atoms with Gasteiger partial charge in [-0.25, -0.2) is 0 Å². The van der Waals surface area contributed by atoms with E-state index in [-0.39, 0.29) is 6.23 Å². The summed E-state index contributed by atoms with van der Waals surface area (Å²) in [6.45, 7) is 5.06. The third-order valence-electron chi connectivity index (χ3n) is 2.09. The monoisotopic (exact) mass is 189 g/mol. The summed E-state index contributed by atoms with van der Waals surface area (Å²) in [7, 11) is 0. The molecule has 0 fully saturated rings. The van der Waals surface area contributed by atoms with Crippen molar-refractivity contribution < 1.29 is 5.11 Å². The van der Waals surface area contributed by atoms with Gasteiger partial charge in [-0.3, -0.25) is 4.90 Å². The van der Waals surface area contributed by atoms with Crippen molar-refractivity contribution in [1.82, 2.24) is 4.90 Å². The van der Waals surface area contributed by atoms with Crippen LogP contribution in [0.15, 0.2) is 0 Å². The van der Waals surface area contributed by atoms with Crippen LogP contribution in [0.3, 0.4) is 0 Å². The fourth-order valence-corrected chi connectivity index (χ4v) is 1.26. The second-order valence-electron chi connectivity index (χ2n) is 3.21. The van der Waals surface area contributed by atoms with Gasteiger partial charge >= 0.3 is 0 Å². The highest BCUT2D eigenvalue weighted by molar-refractivity contribution is 4.61. The van der Waals surface area contributed by atoms with Crippen LogP contribution in [0.2, 0.25) is 0 Å². The first-order valence-electron chi connectivity index (χ1n) is 5.08. The highest BCUT2D eigenvalue weighted by atomic mass is 16.3. The van der Waals surface area contributed by atoms with Crippen molar-refractivity contribution in [1.29, 1.82) is 0 Å². The molecule has 0 aliphatic rings. The summed E-state index contributed by atoms with van der Waals surface area (Å²) >= 11 is 0. The molecule has 0 aliphatic heterocycles. The van der Waals surface area contributed by atoms with Gasteiger partial charge in [0.05, 0.1) is 0 Å². The first kappa shape index (κ1) is 12.8. The summed E-state index contributed by atoms with van der Waals surface area (Å²) in [5.74, 6) is 0. The molecule has 1 unspecified atom stereocenters. The van der Waals surface area contributed by atoms with Crippen molar-refractivity contribution in [3.8, 4) is 0 Å². The summed E-state index contributed by atoms with van der Waals surface area (Å²) in [6.07, 6.45) is 2.29. The number of nitrogens with two attached hydrogens (primary N) is 2. The quantitative estimate of drug-likeness (QED) is 0.459. The van der Waals surface area contributed by atoms with Gasteiger partial charge < -0.3 is 16.6 Å². The molecule has 0 saturated heterocycles. The Morgan fingerprint density at radius 1 is 1.15 bits per heavy atom. The first-order chi connectivity index (χ1) is 6.26. The van der Waals surface area contributed by atoms with Crippen LogP contribution in [0.1, 0.15) is 26.2 Å². The number of aliphatic hydroxyl groups is 1. The molecule has 13 heavy (non-hydrogen) atoms. The Morgan fingerprint density at radius 3 is 1.92 bits per heavy atom. The summed E-state index contributed by atoms with van der Waals surface area (Å²) in [5.41, 5.74) is 10.8. The van der Waals surface area contributed by atoms with Gasteiger partial charge in [-0.15, -0.1) is 0 Å². The molecule has 0 rings (SSSR count). The Morgan fingerprint density at radius 2 is 1.62 bits per heavy atom. The van der Waals surface area contributed by atoms with E-state index >= 15 is 0 Å². The van der Waals surface area contributed by atoms with E-state index in [1.807, 2.05) is 11.8 Å². The maximum Gasteiger partial charge on any atom is 0.107 e. The van der Waals surface area contributed by atoms with Crippen LogP contribution in [-0.2, 0) is 0 Å². The van der Waals surface area contributed by atoms with Gasteiger partial charge in [-0.05, 0) is 32.4 Å². The standard InChI is InChI=1S/C9H23N3O/c1-2-9(13)12(7-3-5-10)8-4-6-11/h9,13H,2-8,10-11H2,1H3. The van der Waals surface area contributed by atoms with Gasteiger partial charge in [-0.2, -0.15) is 0 Å². The molecular formula is C9H23N3O. The molecule has 0 amide bonds. The lowest BCUT2D eigenvalue weighted by molar-refractivity contribution is 0.000554. The van der Waals surface area contributed by atoms with E-state index in [4.69, 9.17) is 11.5 Å². The van der Waals surface area contributed by atoms with E-state index < -0.39 is 0 Å². The van der Waals surface area contributed by atoms with E-state index in [1.165, 1.54) is 0 Å². The number of hydrogen-bond acceptors (Lipinski definition) is 4. The molecule has 1 atom stereocenters. The molecule has 0 aromatic rings. The first-order valence-corrected chi connectivity index (χ1v) is 5.08. The molecule has 0 saturated carbocycles. The molecule has 80 valence electrons. The van der Waals surface area contributed by atoms with Crippen LogP contribution in [0.4, 0.5) is 0 Å². The number of hydrogen-bond donors (Lipinski definition) is 3. The van der Waals surface area contributed by atoms with Gasteiger partial charge in [-0.1, -0.05) is 6.92 Å². The summed E-state index contributed by atoms with van der Waals surface area (Å²) < 4.78 is 0. The summed E-state index contributed by atoms with van der Waals surface area (Å²) in [6, 6.07) is 0. The van der Waals surface area contributed by atoms with Gasteiger partial charge in [0, 0.05) is 13.1 Å². The molecule has 5 N–H and O–H groups in total. The summed E-state index contributed by atoms with van der Waals surface area (Å²) in [5, 5.41) is 9.62. The van der Waals surface area contributed by atoms with Crippen molar-refractivity contribution in [3.63, 3.8) is 0 Å². The molecule has 0 aromatic carbocycles. The van der Waals surface area contributed by atoms with Crippen LogP contribution in [0.5, 0.6) is 0 Å². The van der Waals surface area contributed by atoms with Gasteiger partial charge in [0.15, 0.2) is 0 Å². The Bertz CT molecular complexity index is 103. The topological polar surface area (TPSA) is 75.5 Å².